The Labute approximate surface area is 120 Å². The Morgan fingerprint density at radius 3 is 2.85 bits per heavy atom. The van der Waals surface area contributed by atoms with E-state index in [9.17, 15) is 0 Å². The maximum Gasteiger partial charge on any atom is 0.191 e. The summed E-state index contributed by atoms with van der Waals surface area (Å²) in [5.74, 6) is 1.78. The summed E-state index contributed by atoms with van der Waals surface area (Å²) in [6.45, 7) is 0.854. The largest absolute Gasteiger partial charge is 0.497 e. The van der Waals surface area contributed by atoms with E-state index in [-0.39, 0.29) is 0 Å². The highest BCUT2D eigenvalue weighted by Gasteiger charge is 2.11. The number of rotatable bonds is 5. The summed E-state index contributed by atoms with van der Waals surface area (Å²) >= 11 is 0. The lowest BCUT2D eigenvalue weighted by atomic mass is 10.1. The molecule has 0 fully saturated rings. The van der Waals surface area contributed by atoms with Crippen LogP contribution >= 0.6 is 0 Å². The van der Waals surface area contributed by atoms with E-state index in [1.165, 1.54) is 5.56 Å². The van der Waals surface area contributed by atoms with Crippen molar-refractivity contribution in [3.63, 3.8) is 0 Å². The molecule has 2 rings (SSSR count). The SMILES string of the molecule is CN=C(NCCc1cccc(OC)c1)NC1CC=CC1. The normalized spacial score (nSPS) is 15.4. The Hall–Kier alpha value is -1.97. The Morgan fingerprint density at radius 2 is 2.15 bits per heavy atom. The number of ether oxygens (including phenoxy) is 1. The zero-order chi connectivity index (χ0) is 14.2. The van der Waals surface area contributed by atoms with Crippen LogP contribution in [-0.2, 0) is 6.42 Å². The third-order valence-electron chi connectivity index (χ3n) is 3.41. The first-order valence-corrected chi connectivity index (χ1v) is 7.07. The lowest BCUT2D eigenvalue weighted by molar-refractivity contribution is 0.414. The Kier molecular flexibility index (Phi) is 5.47. The molecule has 0 unspecified atom stereocenters. The predicted molar refractivity (Wildman–Crippen MR) is 83.4 cm³/mol. The molecule has 108 valence electrons. The van der Waals surface area contributed by atoms with Gasteiger partial charge in [-0.3, -0.25) is 4.99 Å². The molecular weight excluding hydrogens is 250 g/mol. The number of hydrogen-bond acceptors (Lipinski definition) is 2. The summed E-state index contributed by atoms with van der Waals surface area (Å²) in [6.07, 6.45) is 7.52. The molecule has 4 nitrogen and oxygen atoms in total. The zero-order valence-electron chi connectivity index (χ0n) is 12.2. The fourth-order valence-electron chi connectivity index (χ4n) is 2.28. The van der Waals surface area contributed by atoms with E-state index >= 15 is 0 Å². The summed E-state index contributed by atoms with van der Waals surface area (Å²) in [7, 11) is 3.50. The van der Waals surface area contributed by atoms with Crippen LogP contribution in [0.3, 0.4) is 0 Å². The van der Waals surface area contributed by atoms with Crippen molar-refractivity contribution in [2.24, 2.45) is 4.99 Å². The highest BCUT2D eigenvalue weighted by molar-refractivity contribution is 5.80. The summed E-state index contributed by atoms with van der Waals surface area (Å²) < 4.78 is 5.23. The molecule has 0 heterocycles. The smallest absolute Gasteiger partial charge is 0.191 e. The Morgan fingerprint density at radius 1 is 1.35 bits per heavy atom. The molecule has 4 heteroatoms. The predicted octanol–water partition coefficient (Wildman–Crippen LogP) is 2.12. The molecule has 0 aliphatic heterocycles. The zero-order valence-corrected chi connectivity index (χ0v) is 12.2. The van der Waals surface area contributed by atoms with Crippen molar-refractivity contribution < 1.29 is 4.74 Å². The van der Waals surface area contributed by atoms with Crippen molar-refractivity contribution in [2.45, 2.75) is 25.3 Å². The van der Waals surface area contributed by atoms with E-state index in [0.717, 1.165) is 37.5 Å². The molecule has 1 aromatic carbocycles. The van der Waals surface area contributed by atoms with E-state index in [0.29, 0.717) is 6.04 Å². The number of methoxy groups -OCH3 is 1. The second-order valence-corrected chi connectivity index (χ2v) is 4.88. The lowest BCUT2D eigenvalue weighted by Gasteiger charge is -2.16. The molecule has 0 spiro atoms. The van der Waals surface area contributed by atoms with E-state index in [1.54, 1.807) is 7.11 Å². The number of nitrogens with zero attached hydrogens (tertiary/aromatic N) is 1. The fourth-order valence-corrected chi connectivity index (χ4v) is 2.28. The quantitative estimate of drug-likeness (QED) is 0.491. The van der Waals surface area contributed by atoms with Gasteiger partial charge in [0, 0.05) is 19.6 Å². The minimum Gasteiger partial charge on any atom is -0.497 e. The number of benzene rings is 1. The topological polar surface area (TPSA) is 45.7 Å². The van der Waals surface area contributed by atoms with Crippen molar-refractivity contribution in [1.29, 1.82) is 0 Å². The Bertz CT molecular complexity index is 474. The summed E-state index contributed by atoms with van der Waals surface area (Å²) in [4.78, 5) is 4.26. The summed E-state index contributed by atoms with van der Waals surface area (Å²) in [5, 5.41) is 6.78. The molecule has 0 aromatic heterocycles. The van der Waals surface area contributed by atoms with Crippen LogP contribution < -0.4 is 15.4 Å². The van der Waals surface area contributed by atoms with E-state index in [1.807, 2.05) is 19.2 Å². The van der Waals surface area contributed by atoms with Crippen molar-refractivity contribution in [2.75, 3.05) is 20.7 Å². The standard InChI is InChI=1S/C16H23N3O/c1-17-16(19-14-7-3-4-8-14)18-11-10-13-6-5-9-15(12-13)20-2/h3-6,9,12,14H,7-8,10-11H2,1-2H3,(H2,17,18,19). The van der Waals surface area contributed by atoms with E-state index < -0.39 is 0 Å². The van der Waals surface area contributed by atoms with Gasteiger partial charge in [-0.05, 0) is 37.0 Å². The van der Waals surface area contributed by atoms with Crippen LogP contribution in [0.25, 0.3) is 0 Å². The molecule has 0 radical (unpaired) electrons. The monoisotopic (exact) mass is 273 g/mol. The van der Waals surface area contributed by atoms with Crippen molar-refractivity contribution in [1.82, 2.24) is 10.6 Å². The van der Waals surface area contributed by atoms with Crippen LogP contribution in [0.1, 0.15) is 18.4 Å². The molecule has 1 aromatic rings. The number of nitrogens with one attached hydrogen (secondary N) is 2. The highest BCUT2D eigenvalue weighted by Crippen LogP contribution is 2.12. The Balaban J connectivity index is 1.75. The maximum atomic E-state index is 5.23. The van der Waals surface area contributed by atoms with Gasteiger partial charge in [0.05, 0.1) is 7.11 Å². The van der Waals surface area contributed by atoms with Crippen molar-refractivity contribution >= 4 is 5.96 Å². The molecule has 0 bridgehead atoms. The molecule has 2 N–H and O–H groups in total. The van der Waals surface area contributed by atoms with Gasteiger partial charge >= 0.3 is 0 Å². The van der Waals surface area contributed by atoms with Gasteiger partial charge < -0.3 is 15.4 Å². The van der Waals surface area contributed by atoms with Crippen LogP contribution in [0.5, 0.6) is 5.75 Å². The van der Waals surface area contributed by atoms with Crippen LogP contribution in [0.2, 0.25) is 0 Å². The third kappa shape index (κ3) is 4.30. The molecule has 0 atom stereocenters. The van der Waals surface area contributed by atoms with Gasteiger partial charge in [-0.15, -0.1) is 0 Å². The van der Waals surface area contributed by atoms with Gasteiger partial charge in [0.15, 0.2) is 5.96 Å². The molecule has 0 saturated carbocycles. The van der Waals surface area contributed by atoms with Crippen molar-refractivity contribution in [3.8, 4) is 5.75 Å². The number of hydrogen-bond donors (Lipinski definition) is 2. The van der Waals surface area contributed by atoms with Gasteiger partial charge in [-0.2, -0.15) is 0 Å². The molecule has 0 amide bonds. The number of aliphatic imine (C=N–C) groups is 1. The fraction of sp³-hybridized carbons (Fsp3) is 0.438. The lowest BCUT2D eigenvalue weighted by Crippen LogP contribution is -2.43. The summed E-state index contributed by atoms with van der Waals surface area (Å²) in [5.41, 5.74) is 1.26. The van der Waals surface area contributed by atoms with Crippen LogP contribution in [0, 0.1) is 0 Å². The second-order valence-electron chi connectivity index (χ2n) is 4.88. The van der Waals surface area contributed by atoms with Crippen LogP contribution in [0.4, 0.5) is 0 Å². The highest BCUT2D eigenvalue weighted by atomic mass is 16.5. The van der Waals surface area contributed by atoms with E-state index in [4.69, 9.17) is 4.74 Å². The number of guanidine groups is 1. The second kappa shape index (κ2) is 7.58. The molecule has 0 saturated heterocycles. The average Bonchev–Trinajstić information content (AvgIpc) is 2.99. The van der Waals surface area contributed by atoms with Gasteiger partial charge in [0.25, 0.3) is 0 Å². The first kappa shape index (κ1) is 14.4. The van der Waals surface area contributed by atoms with Crippen LogP contribution in [0.15, 0.2) is 41.4 Å². The molecule has 1 aliphatic rings. The molecule has 1 aliphatic carbocycles. The minimum atomic E-state index is 0.484. The maximum absolute atomic E-state index is 5.23. The molecular formula is C16H23N3O. The summed E-state index contributed by atoms with van der Waals surface area (Å²) in [6, 6.07) is 8.65. The first-order valence-electron chi connectivity index (χ1n) is 7.07. The first-order chi connectivity index (χ1) is 9.81. The van der Waals surface area contributed by atoms with Gasteiger partial charge in [-0.25, -0.2) is 0 Å². The third-order valence-corrected chi connectivity index (χ3v) is 3.41. The van der Waals surface area contributed by atoms with Gasteiger partial charge in [0.1, 0.15) is 5.75 Å². The average molecular weight is 273 g/mol. The minimum absolute atomic E-state index is 0.484. The molecule has 20 heavy (non-hydrogen) atoms. The van der Waals surface area contributed by atoms with Crippen molar-refractivity contribution in [3.05, 3.63) is 42.0 Å². The van der Waals surface area contributed by atoms with Gasteiger partial charge in [-0.1, -0.05) is 24.3 Å². The van der Waals surface area contributed by atoms with Gasteiger partial charge in [0.2, 0.25) is 0 Å². The van der Waals surface area contributed by atoms with Crippen LogP contribution in [-0.4, -0.2) is 32.7 Å². The van der Waals surface area contributed by atoms with E-state index in [2.05, 4.69) is 39.9 Å².